The Bertz CT molecular complexity index is 454. The Morgan fingerprint density at radius 1 is 1.29 bits per heavy atom. The van der Waals surface area contributed by atoms with Gasteiger partial charge in [-0.25, -0.2) is 0 Å². The van der Waals surface area contributed by atoms with Crippen molar-refractivity contribution in [1.29, 1.82) is 0 Å². The van der Waals surface area contributed by atoms with Gasteiger partial charge in [0.2, 0.25) is 0 Å². The van der Waals surface area contributed by atoms with Crippen LogP contribution in [-0.2, 0) is 5.60 Å². The van der Waals surface area contributed by atoms with Gasteiger partial charge in [0.15, 0.2) is 0 Å². The van der Waals surface area contributed by atoms with Crippen LogP contribution in [0.1, 0.15) is 60.0 Å². The zero-order valence-corrected chi connectivity index (χ0v) is 10.1. The molecule has 1 unspecified atom stereocenters. The van der Waals surface area contributed by atoms with Crippen molar-refractivity contribution in [2.45, 2.75) is 44.1 Å². The van der Waals surface area contributed by atoms with Crippen molar-refractivity contribution in [1.82, 2.24) is 0 Å². The fourth-order valence-corrected chi connectivity index (χ4v) is 3.63. The molecule has 0 radical (unpaired) electrons. The van der Waals surface area contributed by atoms with Gasteiger partial charge >= 0.3 is 0 Å². The first-order valence-electron chi connectivity index (χ1n) is 6.45. The number of carbonyl (C=O) groups is 1. The standard InChI is InChI=1S/C15H18O2/c1-15(17)12-5-3-11(4-6-12)13-7-2-10(9-16)8-14(13)15/h2,7-9,11-12,17H,3-6H2,1H3. The fraction of sp³-hybridized carbons (Fsp3) is 0.533. The third-order valence-corrected chi connectivity index (χ3v) is 4.72. The van der Waals surface area contributed by atoms with Crippen LogP contribution in [0.2, 0.25) is 0 Å². The van der Waals surface area contributed by atoms with Crippen LogP contribution < -0.4 is 0 Å². The number of carbonyl (C=O) groups excluding carboxylic acids is 1. The number of benzene rings is 1. The number of aliphatic hydroxyl groups is 1. The van der Waals surface area contributed by atoms with Crippen LogP contribution in [-0.4, -0.2) is 11.4 Å². The average Bonchev–Trinajstić information content (AvgIpc) is 2.53. The highest BCUT2D eigenvalue weighted by atomic mass is 16.3. The third-order valence-electron chi connectivity index (χ3n) is 4.72. The SMILES string of the molecule is CC1(O)c2cc(C=O)ccc2C2CCC1CC2. The fourth-order valence-electron chi connectivity index (χ4n) is 3.63. The Morgan fingerprint density at radius 3 is 2.65 bits per heavy atom. The van der Waals surface area contributed by atoms with E-state index in [0.717, 1.165) is 24.7 Å². The Labute approximate surface area is 102 Å². The number of rotatable bonds is 1. The van der Waals surface area contributed by atoms with Crippen LogP contribution in [0.5, 0.6) is 0 Å². The Kier molecular flexibility index (Phi) is 2.37. The molecule has 2 heteroatoms. The number of hydrogen-bond acceptors (Lipinski definition) is 2. The van der Waals surface area contributed by atoms with Gasteiger partial charge < -0.3 is 5.11 Å². The molecule has 1 N–H and O–H groups in total. The lowest BCUT2D eigenvalue weighted by atomic mass is 9.77. The minimum absolute atomic E-state index is 0.349. The van der Waals surface area contributed by atoms with E-state index in [1.165, 1.54) is 18.4 Å². The lowest BCUT2D eigenvalue weighted by Crippen LogP contribution is -2.31. The quantitative estimate of drug-likeness (QED) is 0.753. The van der Waals surface area contributed by atoms with Gasteiger partial charge in [-0.2, -0.15) is 0 Å². The molecule has 2 bridgehead atoms. The van der Waals surface area contributed by atoms with Crippen molar-refractivity contribution in [3.63, 3.8) is 0 Å². The maximum Gasteiger partial charge on any atom is 0.150 e. The second kappa shape index (κ2) is 3.67. The van der Waals surface area contributed by atoms with E-state index in [0.29, 0.717) is 17.4 Å². The highest BCUT2D eigenvalue weighted by molar-refractivity contribution is 5.75. The number of fused-ring (bicyclic) bond motifs is 2. The van der Waals surface area contributed by atoms with E-state index in [1.807, 2.05) is 25.1 Å². The Balaban J connectivity index is 2.21. The second-order valence-corrected chi connectivity index (χ2v) is 5.66. The molecular formula is C15H18O2. The van der Waals surface area contributed by atoms with Crippen molar-refractivity contribution in [3.8, 4) is 0 Å². The van der Waals surface area contributed by atoms with E-state index in [2.05, 4.69) is 0 Å². The van der Waals surface area contributed by atoms with Gasteiger partial charge in [0, 0.05) is 5.56 Å². The van der Waals surface area contributed by atoms with Crippen LogP contribution in [0, 0.1) is 5.92 Å². The van der Waals surface area contributed by atoms with Crippen molar-refractivity contribution in [2.75, 3.05) is 0 Å². The highest BCUT2D eigenvalue weighted by Gasteiger charge is 2.42. The van der Waals surface area contributed by atoms with Crippen LogP contribution in [0.25, 0.3) is 0 Å². The topological polar surface area (TPSA) is 37.3 Å². The molecular weight excluding hydrogens is 212 g/mol. The highest BCUT2D eigenvalue weighted by Crippen LogP contribution is 2.50. The summed E-state index contributed by atoms with van der Waals surface area (Å²) in [5.74, 6) is 0.929. The second-order valence-electron chi connectivity index (χ2n) is 5.66. The van der Waals surface area contributed by atoms with Crippen LogP contribution in [0.15, 0.2) is 18.2 Å². The first kappa shape index (κ1) is 11.0. The zero-order valence-electron chi connectivity index (χ0n) is 10.1. The molecule has 1 aromatic carbocycles. The van der Waals surface area contributed by atoms with E-state index in [-0.39, 0.29) is 0 Å². The molecule has 0 aliphatic heterocycles. The summed E-state index contributed by atoms with van der Waals surface area (Å²) in [6.45, 7) is 1.92. The molecule has 1 atom stereocenters. The van der Waals surface area contributed by atoms with E-state index >= 15 is 0 Å². The minimum atomic E-state index is -0.764. The zero-order chi connectivity index (χ0) is 12.0. The molecule has 0 spiro atoms. The molecule has 0 saturated heterocycles. The Hall–Kier alpha value is -1.15. The first-order valence-corrected chi connectivity index (χ1v) is 6.45. The van der Waals surface area contributed by atoms with E-state index in [1.54, 1.807) is 0 Å². The van der Waals surface area contributed by atoms with Gasteiger partial charge in [0.1, 0.15) is 6.29 Å². The summed E-state index contributed by atoms with van der Waals surface area (Å²) in [5, 5.41) is 10.8. The number of aldehydes is 1. The number of hydrogen-bond donors (Lipinski definition) is 1. The normalized spacial score (nSPS) is 35.2. The predicted octanol–water partition coefficient (Wildman–Crippen LogP) is 2.99. The van der Waals surface area contributed by atoms with Crippen molar-refractivity contribution >= 4 is 6.29 Å². The molecule has 1 fully saturated rings. The van der Waals surface area contributed by atoms with E-state index in [9.17, 15) is 9.90 Å². The molecule has 3 aliphatic rings. The van der Waals surface area contributed by atoms with Gasteiger partial charge in [0.25, 0.3) is 0 Å². The molecule has 0 amide bonds. The first-order chi connectivity index (χ1) is 8.13. The average molecular weight is 230 g/mol. The lowest BCUT2D eigenvalue weighted by molar-refractivity contribution is -0.0159. The summed E-state index contributed by atoms with van der Waals surface area (Å²) in [7, 11) is 0. The molecule has 3 aliphatic carbocycles. The predicted molar refractivity (Wildman–Crippen MR) is 66.1 cm³/mol. The van der Waals surface area contributed by atoms with Gasteiger partial charge in [-0.15, -0.1) is 0 Å². The summed E-state index contributed by atoms with van der Waals surface area (Å²) in [6.07, 6.45) is 5.41. The van der Waals surface area contributed by atoms with Crippen molar-refractivity contribution < 1.29 is 9.90 Å². The smallest absolute Gasteiger partial charge is 0.150 e. The lowest BCUT2D eigenvalue weighted by Gasteiger charge is -2.33. The largest absolute Gasteiger partial charge is 0.385 e. The Morgan fingerprint density at radius 2 is 2.00 bits per heavy atom. The van der Waals surface area contributed by atoms with Crippen LogP contribution in [0.3, 0.4) is 0 Å². The maximum absolute atomic E-state index is 10.9. The summed E-state index contributed by atoms with van der Waals surface area (Å²) in [5.41, 5.74) is 2.16. The molecule has 4 rings (SSSR count). The molecule has 90 valence electrons. The monoisotopic (exact) mass is 230 g/mol. The van der Waals surface area contributed by atoms with Crippen LogP contribution >= 0.6 is 0 Å². The van der Waals surface area contributed by atoms with Gasteiger partial charge in [-0.05, 0) is 61.6 Å². The van der Waals surface area contributed by atoms with Crippen molar-refractivity contribution in [3.05, 3.63) is 34.9 Å². The molecule has 0 aromatic heterocycles. The molecule has 0 heterocycles. The molecule has 17 heavy (non-hydrogen) atoms. The third kappa shape index (κ3) is 1.54. The summed E-state index contributed by atoms with van der Waals surface area (Å²) < 4.78 is 0. The minimum Gasteiger partial charge on any atom is -0.385 e. The van der Waals surface area contributed by atoms with Crippen LogP contribution in [0.4, 0.5) is 0 Å². The van der Waals surface area contributed by atoms with Gasteiger partial charge in [-0.1, -0.05) is 12.1 Å². The summed E-state index contributed by atoms with van der Waals surface area (Å²) in [6, 6.07) is 5.81. The van der Waals surface area contributed by atoms with E-state index in [4.69, 9.17) is 0 Å². The van der Waals surface area contributed by atoms with Gasteiger partial charge in [0.05, 0.1) is 5.60 Å². The van der Waals surface area contributed by atoms with Crippen molar-refractivity contribution in [2.24, 2.45) is 5.92 Å². The molecule has 2 nitrogen and oxygen atoms in total. The maximum atomic E-state index is 10.9. The summed E-state index contributed by atoms with van der Waals surface area (Å²) >= 11 is 0. The molecule has 1 aromatic rings. The summed E-state index contributed by atoms with van der Waals surface area (Å²) in [4.78, 5) is 10.9. The molecule has 1 saturated carbocycles. The van der Waals surface area contributed by atoms with E-state index < -0.39 is 5.60 Å². The van der Waals surface area contributed by atoms with Gasteiger partial charge in [-0.3, -0.25) is 4.79 Å².